The van der Waals surface area contributed by atoms with Crippen LogP contribution in [0.4, 0.5) is 0 Å². The van der Waals surface area contributed by atoms with Gasteiger partial charge in [0.2, 0.25) is 0 Å². The van der Waals surface area contributed by atoms with Crippen molar-refractivity contribution >= 4 is 11.8 Å². The Hall–Kier alpha value is -1.84. The summed E-state index contributed by atoms with van der Waals surface area (Å²) >= 11 is 0. The van der Waals surface area contributed by atoms with Gasteiger partial charge in [0.1, 0.15) is 5.76 Å². The summed E-state index contributed by atoms with van der Waals surface area (Å²) in [5, 5.41) is 0. The van der Waals surface area contributed by atoms with Gasteiger partial charge in [-0.3, -0.25) is 9.59 Å². The minimum Gasteiger partial charge on any atom is -0.469 e. The highest BCUT2D eigenvalue weighted by Gasteiger charge is 2.36. The van der Waals surface area contributed by atoms with Gasteiger partial charge in [-0.25, -0.2) is 0 Å². The van der Waals surface area contributed by atoms with E-state index in [1.807, 2.05) is 18.2 Å². The van der Waals surface area contributed by atoms with E-state index < -0.39 is 12.1 Å². The van der Waals surface area contributed by atoms with Gasteiger partial charge in [-0.2, -0.15) is 0 Å². The molecule has 4 heteroatoms. The number of ketones is 1. The van der Waals surface area contributed by atoms with Crippen LogP contribution in [0.25, 0.3) is 0 Å². The van der Waals surface area contributed by atoms with Gasteiger partial charge in [0.25, 0.3) is 0 Å². The predicted molar refractivity (Wildman–Crippen MR) is 69.4 cm³/mol. The van der Waals surface area contributed by atoms with Gasteiger partial charge in [0, 0.05) is 19.8 Å². The Morgan fingerprint density at radius 1 is 1.63 bits per heavy atom. The SMILES string of the molecule is C=C[C@@H]1CC(=O)[C@@H](OC(C)=O)C[C@H]1Cc1ccco1. The summed E-state index contributed by atoms with van der Waals surface area (Å²) < 4.78 is 10.4. The van der Waals surface area contributed by atoms with Crippen LogP contribution in [-0.4, -0.2) is 17.9 Å². The number of carbonyl (C=O) groups excluding carboxylic acids is 2. The zero-order valence-electron chi connectivity index (χ0n) is 11.0. The molecule has 1 aromatic heterocycles. The molecule has 1 aromatic rings. The Labute approximate surface area is 112 Å². The lowest BCUT2D eigenvalue weighted by Crippen LogP contribution is -2.38. The summed E-state index contributed by atoms with van der Waals surface area (Å²) in [6, 6.07) is 3.76. The molecule has 0 N–H and O–H groups in total. The van der Waals surface area contributed by atoms with E-state index in [4.69, 9.17) is 9.15 Å². The molecule has 0 aliphatic heterocycles. The van der Waals surface area contributed by atoms with Crippen molar-refractivity contribution in [3.63, 3.8) is 0 Å². The third-order valence-electron chi connectivity index (χ3n) is 3.57. The van der Waals surface area contributed by atoms with Crippen LogP contribution in [0.2, 0.25) is 0 Å². The van der Waals surface area contributed by atoms with Gasteiger partial charge in [0.05, 0.1) is 6.26 Å². The standard InChI is InChI=1S/C15H18O4/c1-3-11-8-14(17)15(19-10(2)16)9-12(11)7-13-5-4-6-18-13/h3-6,11-12,15H,1,7-9H2,2H3/t11-,12-,15+/m1/s1. The zero-order valence-corrected chi connectivity index (χ0v) is 11.0. The monoisotopic (exact) mass is 262 g/mol. The van der Waals surface area contributed by atoms with Crippen LogP contribution in [0.3, 0.4) is 0 Å². The Kier molecular flexibility index (Phi) is 4.20. The van der Waals surface area contributed by atoms with E-state index in [-0.39, 0.29) is 17.6 Å². The Morgan fingerprint density at radius 2 is 2.42 bits per heavy atom. The van der Waals surface area contributed by atoms with Crippen LogP contribution in [0, 0.1) is 11.8 Å². The first-order valence-electron chi connectivity index (χ1n) is 6.45. The number of furan rings is 1. The molecule has 0 spiro atoms. The van der Waals surface area contributed by atoms with Gasteiger partial charge in [0.15, 0.2) is 11.9 Å². The summed E-state index contributed by atoms with van der Waals surface area (Å²) in [6.07, 6.45) is 4.48. The van der Waals surface area contributed by atoms with Gasteiger partial charge in [-0.05, 0) is 30.4 Å². The summed E-state index contributed by atoms with van der Waals surface area (Å²) in [7, 11) is 0. The van der Waals surface area contributed by atoms with Crippen molar-refractivity contribution in [2.45, 2.75) is 32.3 Å². The number of hydrogen-bond donors (Lipinski definition) is 0. The summed E-state index contributed by atoms with van der Waals surface area (Å²) in [4.78, 5) is 22.9. The van der Waals surface area contributed by atoms with Crippen molar-refractivity contribution in [2.24, 2.45) is 11.8 Å². The molecule has 0 amide bonds. The van der Waals surface area contributed by atoms with Gasteiger partial charge in [-0.15, -0.1) is 6.58 Å². The van der Waals surface area contributed by atoms with Crippen molar-refractivity contribution in [1.82, 2.24) is 0 Å². The summed E-state index contributed by atoms with van der Waals surface area (Å²) in [5.74, 6) is 0.783. The molecule has 4 nitrogen and oxygen atoms in total. The summed E-state index contributed by atoms with van der Waals surface area (Å²) in [5.41, 5.74) is 0. The third-order valence-corrected chi connectivity index (χ3v) is 3.57. The molecular weight excluding hydrogens is 244 g/mol. The molecule has 0 saturated heterocycles. The van der Waals surface area contributed by atoms with Gasteiger partial charge < -0.3 is 9.15 Å². The van der Waals surface area contributed by atoms with Crippen LogP contribution in [0.15, 0.2) is 35.5 Å². The van der Waals surface area contributed by atoms with Crippen molar-refractivity contribution in [3.8, 4) is 0 Å². The zero-order chi connectivity index (χ0) is 13.8. The number of rotatable bonds is 4. The lowest BCUT2D eigenvalue weighted by atomic mass is 9.75. The van der Waals surface area contributed by atoms with Crippen LogP contribution in [0.1, 0.15) is 25.5 Å². The quantitative estimate of drug-likeness (QED) is 0.618. The number of hydrogen-bond acceptors (Lipinski definition) is 4. The number of allylic oxidation sites excluding steroid dienone is 1. The van der Waals surface area contributed by atoms with Gasteiger partial charge >= 0.3 is 5.97 Å². The molecule has 102 valence electrons. The van der Waals surface area contributed by atoms with Crippen LogP contribution in [-0.2, 0) is 20.7 Å². The molecule has 3 atom stereocenters. The predicted octanol–water partition coefficient (Wildman–Crippen LogP) is 2.54. The molecule has 0 aromatic carbocycles. The first kappa shape index (κ1) is 13.6. The normalized spacial score (nSPS) is 27.0. The van der Waals surface area contributed by atoms with Crippen molar-refractivity contribution in [2.75, 3.05) is 0 Å². The van der Waals surface area contributed by atoms with Gasteiger partial charge in [-0.1, -0.05) is 6.08 Å². The fourth-order valence-electron chi connectivity index (χ4n) is 2.62. The highest BCUT2D eigenvalue weighted by atomic mass is 16.5. The molecule has 1 aliphatic carbocycles. The lowest BCUT2D eigenvalue weighted by Gasteiger charge is -2.32. The smallest absolute Gasteiger partial charge is 0.303 e. The fraction of sp³-hybridized carbons (Fsp3) is 0.467. The van der Waals surface area contributed by atoms with Crippen LogP contribution < -0.4 is 0 Å². The van der Waals surface area contributed by atoms with Crippen LogP contribution in [0.5, 0.6) is 0 Å². The molecule has 1 aliphatic rings. The largest absolute Gasteiger partial charge is 0.469 e. The second-order valence-electron chi connectivity index (χ2n) is 4.95. The number of carbonyl (C=O) groups is 2. The third kappa shape index (κ3) is 3.34. The Balaban J connectivity index is 2.07. The Bertz CT molecular complexity index is 460. The number of Topliss-reactive ketones (excluding diaryl/α,β-unsaturated/α-hetero) is 1. The molecule has 0 radical (unpaired) electrons. The van der Waals surface area contributed by atoms with Crippen molar-refractivity contribution < 1.29 is 18.7 Å². The number of ether oxygens (including phenoxy) is 1. The van der Waals surface area contributed by atoms with Crippen molar-refractivity contribution in [1.29, 1.82) is 0 Å². The van der Waals surface area contributed by atoms with E-state index in [1.54, 1.807) is 6.26 Å². The highest BCUT2D eigenvalue weighted by molar-refractivity contribution is 5.86. The average molecular weight is 262 g/mol. The molecule has 1 heterocycles. The topological polar surface area (TPSA) is 56.5 Å². The molecule has 0 unspecified atom stereocenters. The van der Waals surface area contributed by atoms with E-state index in [0.717, 1.165) is 12.2 Å². The maximum absolute atomic E-state index is 11.9. The maximum Gasteiger partial charge on any atom is 0.303 e. The van der Waals surface area contributed by atoms with Crippen LogP contribution >= 0.6 is 0 Å². The molecule has 19 heavy (non-hydrogen) atoms. The first-order chi connectivity index (χ1) is 9.10. The van der Waals surface area contributed by atoms with Crippen molar-refractivity contribution in [3.05, 3.63) is 36.8 Å². The second kappa shape index (κ2) is 5.87. The fourth-order valence-corrected chi connectivity index (χ4v) is 2.62. The van der Waals surface area contributed by atoms with E-state index >= 15 is 0 Å². The molecular formula is C15H18O4. The van der Waals surface area contributed by atoms with E-state index in [0.29, 0.717) is 12.8 Å². The lowest BCUT2D eigenvalue weighted by molar-refractivity contribution is -0.156. The average Bonchev–Trinajstić information content (AvgIpc) is 2.85. The summed E-state index contributed by atoms with van der Waals surface area (Å²) in [6.45, 7) is 5.12. The molecule has 1 fully saturated rings. The first-order valence-corrected chi connectivity index (χ1v) is 6.45. The van der Waals surface area contributed by atoms with E-state index in [2.05, 4.69) is 6.58 Å². The minimum absolute atomic E-state index is 0.0178. The molecule has 1 saturated carbocycles. The number of esters is 1. The minimum atomic E-state index is -0.617. The van der Waals surface area contributed by atoms with E-state index in [9.17, 15) is 9.59 Å². The molecule has 2 rings (SSSR count). The molecule has 0 bridgehead atoms. The highest BCUT2D eigenvalue weighted by Crippen LogP contribution is 2.33. The van der Waals surface area contributed by atoms with E-state index in [1.165, 1.54) is 6.92 Å². The Morgan fingerprint density at radius 3 is 3.00 bits per heavy atom. The maximum atomic E-state index is 11.9. The second-order valence-corrected chi connectivity index (χ2v) is 4.95.